The lowest BCUT2D eigenvalue weighted by atomic mass is 10.1. The summed E-state index contributed by atoms with van der Waals surface area (Å²) in [5.41, 5.74) is 3.34. The Bertz CT molecular complexity index is 887. The van der Waals surface area contributed by atoms with Crippen LogP contribution in [0, 0.1) is 6.92 Å². The number of carbonyl (C=O) groups is 1. The van der Waals surface area contributed by atoms with Crippen LogP contribution in [0.4, 0.5) is 5.69 Å². The minimum Gasteiger partial charge on any atom is -0.452 e. The molecule has 3 rings (SSSR count). The number of hydrogen-bond donors (Lipinski definition) is 0. The number of nitrogens with zero attached hydrogens (tertiary/aromatic N) is 3. The molecule has 1 aromatic heterocycles. The maximum absolute atomic E-state index is 12.2. The van der Waals surface area contributed by atoms with E-state index < -0.39 is 5.97 Å². The van der Waals surface area contributed by atoms with Crippen molar-refractivity contribution in [3.8, 4) is 11.5 Å². The van der Waals surface area contributed by atoms with Crippen LogP contribution >= 0.6 is 0 Å². The van der Waals surface area contributed by atoms with Crippen LogP contribution in [0.3, 0.4) is 0 Å². The van der Waals surface area contributed by atoms with Crippen LogP contribution in [0.1, 0.15) is 21.8 Å². The lowest BCUT2D eigenvalue weighted by molar-refractivity contribution is 0.0438. The number of aromatic nitrogens is 2. The molecule has 0 saturated heterocycles. The third-order valence-corrected chi connectivity index (χ3v) is 3.66. The SMILES string of the molecule is Cc1cccc(-c2nnc(COC(=O)c3cccc(N(C)C)c3)o2)c1. The molecule has 0 aliphatic rings. The molecule has 0 spiro atoms. The van der Waals surface area contributed by atoms with Crippen molar-refractivity contribution >= 4 is 11.7 Å². The molecule has 0 bridgehead atoms. The zero-order valence-electron chi connectivity index (χ0n) is 14.4. The number of ether oxygens (including phenoxy) is 1. The number of benzene rings is 2. The van der Waals surface area contributed by atoms with Crippen molar-refractivity contribution in [2.45, 2.75) is 13.5 Å². The van der Waals surface area contributed by atoms with E-state index >= 15 is 0 Å². The lowest BCUT2D eigenvalue weighted by Gasteiger charge is -2.12. The third-order valence-electron chi connectivity index (χ3n) is 3.66. The van der Waals surface area contributed by atoms with E-state index in [2.05, 4.69) is 10.2 Å². The number of carbonyl (C=O) groups excluding carboxylic acids is 1. The highest BCUT2D eigenvalue weighted by Crippen LogP contribution is 2.19. The summed E-state index contributed by atoms with van der Waals surface area (Å²) in [4.78, 5) is 14.1. The van der Waals surface area contributed by atoms with Crippen molar-refractivity contribution < 1.29 is 13.9 Å². The number of aryl methyl sites for hydroxylation is 1. The first-order valence-electron chi connectivity index (χ1n) is 7.87. The molecule has 1 heterocycles. The number of rotatable bonds is 5. The molecular weight excluding hydrogens is 318 g/mol. The molecule has 0 aliphatic carbocycles. The van der Waals surface area contributed by atoms with Gasteiger partial charge in [0.15, 0.2) is 6.61 Å². The Morgan fingerprint density at radius 2 is 1.92 bits per heavy atom. The highest BCUT2D eigenvalue weighted by molar-refractivity contribution is 5.90. The normalized spacial score (nSPS) is 10.5. The fourth-order valence-electron chi connectivity index (χ4n) is 2.33. The van der Waals surface area contributed by atoms with Crippen molar-refractivity contribution in [3.63, 3.8) is 0 Å². The van der Waals surface area contributed by atoms with Gasteiger partial charge in [0, 0.05) is 25.3 Å². The van der Waals surface area contributed by atoms with E-state index in [1.54, 1.807) is 12.1 Å². The maximum atomic E-state index is 12.2. The lowest BCUT2D eigenvalue weighted by Crippen LogP contribution is -2.11. The van der Waals surface area contributed by atoms with E-state index in [1.807, 2.05) is 62.3 Å². The van der Waals surface area contributed by atoms with Crippen LogP contribution in [0.25, 0.3) is 11.5 Å². The van der Waals surface area contributed by atoms with Gasteiger partial charge in [-0.05, 0) is 37.3 Å². The Balaban J connectivity index is 1.66. The second-order valence-electron chi connectivity index (χ2n) is 5.89. The molecule has 0 saturated carbocycles. The fourth-order valence-corrected chi connectivity index (χ4v) is 2.33. The molecule has 0 amide bonds. The standard InChI is InChI=1S/C19H19N3O3/c1-13-6-4-7-14(10-13)18-21-20-17(25-18)12-24-19(23)15-8-5-9-16(11-15)22(2)3/h4-11H,12H2,1-3H3. The minimum atomic E-state index is -0.431. The first-order chi connectivity index (χ1) is 12.0. The Labute approximate surface area is 146 Å². The van der Waals surface area contributed by atoms with Crippen LogP contribution in [-0.2, 0) is 11.3 Å². The predicted molar refractivity (Wildman–Crippen MR) is 94.4 cm³/mol. The molecule has 0 atom stereocenters. The van der Waals surface area contributed by atoms with Gasteiger partial charge < -0.3 is 14.1 Å². The maximum Gasteiger partial charge on any atom is 0.338 e. The quantitative estimate of drug-likeness (QED) is 0.664. The molecule has 0 fully saturated rings. The molecule has 0 aliphatic heterocycles. The van der Waals surface area contributed by atoms with E-state index in [-0.39, 0.29) is 12.5 Å². The molecule has 0 unspecified atom stereocenters. The Morgan fingerprint density at radius 3 is 2.68 bits per heavy atom. The molecular formula is C19H19N3O3. The van der Waals surface area contributed by atoms with Gasteiger partial charge in [0.1, 0.15) is 0 Å². The Kier molecular flexibility index (Phi) is 4.79. The summed E-state index contributed by atoms with van der Waals surface area (Å²) in [5, 5.41) is 7.93. The molecule has 128 valence electrons. The summed E-state index contributed by atoms with van der Waals surface area (Å²) in [6, 6.07) is 15.0. The summed E-state index contributed by atoms with van der Waals surface area (Å²) in [7, 11) is 3.82. The monoisotopic (exact) mass is 337 g/mol. The largest absolute Gasteiger partial charge is 0.452 e. The van der Waals surface area contributed by atoms with Crippen molar-refractivity contribution in [3.05, 3.63) is 65.5 Å². The van der Waals surface area contributed by atoms with E-state index in [1.165, 1.54) is 0 Å². The van der Waals surface area contributed by atoms with E-state index in [0.717, 1.165) is 16.8 Å². The summed E-state index contributed by atoms with van der Waals surface area (Å²) < 4.78 is 10.8. The van der Waals surface area contributed by atoms with Gasteiger partial charge in [-0.15, -0.1) is 10.2 Å². The third kappa shape index (κ3) is 4.03. The average Bonchev–Trinajstić information content (AvgIpc) is 3.09. The van der Waals surface area contributed by atoms with Gasteiger partial charge in [0.05, 0.1) is 5.56 Å². The molecule has 3 aromatic rings. The van der Waals surface area contributed by atoms with Gasteiger partial charge in [-0.25, -0.2) is 4.79 Å². The van der Waals surface area contributed by atoms with Gasteiger partial charge in [-0.3, -0.25) is 0 Å². The number of esters is 1. The van der Waals surface area contributed by atoms with Crippen LogP contribution < -0.4 is 4.90 Å². The van der Waals surface area contributed by atoms with Crippen LogP contribution in [0.15, 0.2) is 52.9 Å². The first-order valence-corrected chi connectivity index (χ1v) is 7.87. The number of anilines is 1. The summed E-state index contributed by atoms with van der Waals surface area (Å²) in [6.45, 7) is 1.92. The van der Waals surface area contributed by atoms with Crippen molar-refractivity contribution in [2.24, 2.45) is 0 Å². The van der Waals surface area contributed by atoms with Gasteiger partial charge in [0.2, 0.25) is 5.89 Å². The Hall–Kier alpha value is -3.15. The zero-order valence-corrected chi connectivity index (χ0v) is 14.4. The van der Waals surface area contributed by atoms with Crippen molar-refractivity contribution in [2.75, 3.05) is 19.0 Å². The molecule has 0 N–H and O–H groups in total. The highest BCUT2D eigenvalue weighted by atomic mass is 16.5. The van der Waals surface area contributed by atoms with E-state index in [9.17, 15) is 4.79 Å². The first kappa shape index (κ1) is 16.7. The molecule has 6 heteroatoms. The van der Waals surface area contributed by atoms with Crippen molar-refractivity contribution in [1.29, 1.82) is 0 Å². The predicted octanol–water partition coefficient (Wildman–Crippen LogP) is 3.47. The van der Waals surface area contributed by atoms with Gasteiger partial charge in [-0.2, -0.15) is 0 Å². The summed E-state index contributed by atoms with van der Waals surface area (Å²) in [5.74, 6) is 0.233. The fraction of sp³-hybridized carbons (Fsp3) is 0.211. The minimum absolute atomic E-state index is 0.0656. The summed E-state index contributed by atoms with van der Waals surface area (Å²) in [6.07, 6.45) is 0. The summed E-state index contributed by atoms with van der Waals surface area (Å²) >= 11 is 0. The van der Waals surface area contributed by atoms with Crippen LogP contribution in [-0.4, -0.2) is 30.3 Å². The molecule has 25 heavy (non-hydrogen) atoms. The average molecular weight is 337 g/mol. The second kappa shape index (κ2) is 7.17. The molecule has 0 radical (unpaired) electrons. The zero-order chi connectivity index (χ0) is 17.8. The molecule has 6 nitrogen and oxygen atoms in total. The van der Waals surface area contributed by atoms with E-state index in [0.29, 0.717) is 11.5 Å². The molecule has 2 aromatic carbocycles. The smallest absolute Gasteiger partial charge is 0.338 e. The Morgan fingerprint density at radius 1 is 1.12 bits per heavy atom. The van der Waals surface area contributed by atoms with Gasteiger partial charge >= 0.3 is 5.97 Å². The van der Waals surface area contributed by atoms with Crippen LogP contribution in [0.2, 0.25) is 0 Å². The van der Waals surface area contributed by atoms with Crippen LogP contribution in [0.5, 0.6) is 0 Å². The van der Waals surface area contributed by atoms with Crippen molar-refractivity contribution in [1.82, 2.24) is 10.2 Å². The van der Waals surface area contributed by atoms with Gasteiger partial charge in [0.25, 0.3) is 5.89 Å². The topological polar surface area (TPSA) is 68.5 Å². The van der Waals surface area contributed by atoms with E-state index in [4.69, 9.17) is 9.15 Å². The second-order valence-corrected chi connectivity index (χ2v) is 5.89. The number of hydrogen-bond acceptors (Lipinski definition) is 6. The highest BCUT2D eigenvalue weighted by Gasteiger charge is 2.13. The van der Waals surface area contributed by atoms with Gasteiger partial charge in [-0.1, -0.05) is 23.8 Å².